The number of rotatable bonds is 7. The minimum Gasteiger partial charge on any atom is -0.395 e. The van der Waals surface area contributed by atoms with Gasteiger partial charge < -0.3 is 10.4 Å². The van der Waals surface area contributed by atoms with Gasteiger partial charge in [-0.05, 0) is 50.4 Å². The Morgan fingerprint density at radius 2 is 2.15 bits per heavy atom. The Balaban J connectivity index is 1.91. The zero-order chi connectivity index (χ0) is 14.4. The Bertz CT molecular complexity index is 390. The molecule has 112 valence electrons. The molecule has 20 heavy (non-hydrogen) atoms. The molecule has 1 fully saturated rings. The third kappa shape index (κ3) is 4.54. The Morgan fingerprint density at radius 3 is 2.75 bits per heavy atom. The van der Waals surface area contributed by atoms with Crippen LogP contribution in [0.3, 0.4) is 0 Å². The lowest BCUT2D eigenvalue weighted by Gasteiger charge is -2.31. The van der Waals surface area contributed by atoms with Crippen LogP contribution < -0.4 is 5.32 Å². The highest BCUT2D eigenvalue weighted by Crippen LogP contribution is 2.13. The normalized spacial score (nSPS) is 20.5. The average Bonchev–Trinajstić information content (AvgIpc) is 2.94. The van der Waals surface area contributed by atoms with Gasteiger partial charge in [0.2, 0.25) is 0 Å². The van der Waals surface area contributed by atoms with E-state index in [0.717, 1.165) is 25.1 Å². The molecule has 1 aliphatic heterocycles. The lowest BCUT2D eigenvalue weighted by molar-refractivity contribution is 0.146. The smallest absolute Gasteiger partial charge is 0.123 e. The van der Waals surface area contributed by atoms with Crippen LogP contribution in [0.25, 0.3) is 0 Å². The fourth-order valence-electron chi connectivity index (χ4n) is 2.91. The van der Waals surface area contributed by atoms with Crippen molar-refractivity contribution in [3.63, 3.8) is 0 Å². The fourth-order valence-corrected chi connectivity index (χ4v) is 2.91. The maximum Gasteiger partial charge on any atom is 0.123 e. The van der Waals surface area contributed by atoms with Gasteiger partial charge in [0.1, 0.15) is 5.82 Å². The van der Waals surface area contributed by atoms with Crippen molar-refractivity contribution in [3.8, 4) is 0 Å². The first-order chi connectivity index (χ1) is 9.69. The van der Waals surface area contributed by atoms with E-state index in [9.17, 15) is 9.50 Å². The lowest BCUT2D eigenvalue weighted by atomic mass is 10.0. The molecule has 0 aromatic heterocycles. The van der Waals surface area contributed by atoms with Crippen LogP contribution in [0.1, 0.15) is 25.3 Å². The quantitative estimate of drug-likeness (QED) is 0.799. The van der Waals surface area contributed by atoms with Crippen molar-refractivity contribution in [2.24, 2.45) is 0 Å². The highest BCUT2D eigenvalue weighted by molar-refractivity contribution is 5.17. The number of hydrogen-bond donors (Lipinski definition) is 2. The second kappa shape index (κ2) is 7.72. The van der Waals surface area contributed by atoms with Crippen LogP contribution in [0.5, 0.6) is 0 Å². The Kier molecular flexibility index (Phi) is 5.95. The van der Waals surface area contributed by atoms with E-state index in [1.807, 2.05) is 12.1 Å². The minimum atomic E-state index is -0.191. The molecule has 2 N–H and O–H groups in total. The summed E-state index contributed by atoms with van der Waals surface area (Å²) in [5.41, 5.74) is 1.14. The van der Waals surface area contributed by atoms with E-state index >= 15 is 0 Å². The molecular formula is C16H25FN2O. The van der Waals surface area contributed by atoms with Crippen molar-refractivity contribution >= 4 is 0 Å². The summed E-state index contributed by atoms with van der Waals surface area (Å²) in [6.07, 6.45) is 3.34. The number of aliphatic hydroxyl groups is 1. The molecule has 1 heterocycles. The number of halogens is 1. The molecular weight excluding hydrogens is 255 g/mol. The van der Waals surface area contributed by atoms with Gasteiger partial charge in [0.25, 0.3) is 0 Å². The molecule has 1 aromatic rings. The van der Waals surface area contributed by atoms with Crippen LogP contribution in [0, 0.1) is 5.82 Å². The standard InChI is InChI=1S/C16H25FN2O/c1-13(11-14-4-6-15(17)7-5-14)19(9-10-20)12-16-3-2-8-18-16/h4-7,13,16,18,20H,2-3,8-12H2,1H3. The third-order valence-electron chi connectivity index (χ3n) is 4.07. The van der Waals surface area contributed by atoms with Crippen molar-refractivity contribution in [1.82, 2.24) is 10.2 Å². The molecule has 2 atom stereocenters. The van der Waals surface area contributed by atoms with E-state index in [-0.39, 0.29) is 12.4 Å². The fraction of sp³-hybridized carbons (Fsp3) is 0.625. The zero-order valence-corrected chi connectivity index (χ0v) is 12.2. The average molecular weight is 280 g/mol. The molecule has 0 aliphatic carbocycles. The molecule has 1 aliphatic rings. The van der Waals surface area contributed by atoms with Crippen LogP contribution in [-0.2, 0) is 6.42 Å². The summed E-state index contributed by atoms with van der Waals surface area (Å²) in [4.78, 5) is 2.33. The van der Waals surface area contributed by atoms with Gasteiger partial charge in [-0.1, -0.05) is 12.1 Å². The monoisotopic (exact) mass is 280 g/mol. The molecule has 1 saturated heterocycles. The molecule has 3 nitrogen and oxygen atoms in total. The summed E-state index contributed by atoms with van der Waals surface area (Å²) in [7, 11) is 0. The second-order valence-corrected chi connectivity index (χ2v) is 5.69. The first-order valence-electron chi connectivity index (χ1n) is 7.52. The molecule has 2 unspecified atom stereocenters. The van der Waals surface area contributed by atoms with Crippen molar-refractivity contribution in [2.45, 2.75) is 38.3 Å². The van der Waals surface area contributed by atoms with E-state index in [1.54, 1.807) is 0 Å². The highest BCUT2D eigenvalue weighted by Gasteiger charge is 2.21. The molecule has 0 bridgehead atoms. The van der Waals surface area contributed by atoms with Crippen LogP contribution >= 0.6 is 0 Å². The minimum absolute atomic E-state index is 0.181. The van der Waals surface area contributed by atoms with Crippen molar-refractivity contribution in [2.75, 3.05) is 26.2 Å². The number of hydrogen-bond acceptors (Lipinski definition) is 3. The molecule has 2 rings (SSSR count). The van der Waals surface area contributed by atoms with Gasteiger partial charge >= 0.3 is 0 Å². The topological polar surface area (TPSA) is 35.5 Å². The van der Waals surface area contributed by atoms with Crippen LogP contribution in [0.15, 0.2) is 24.3 Å². The summed E-state index contributed by atoms with van der Waals surface area (Å²) in [5.74, 6) is -0.191. The van der Waals surface area contributed by atoms with E-state index < -0.39 is 0 Å². The molecule has 0 spiro atoms. The lowest BCUT2D eigenvalue weighted by Crippen LogP contribution is -2.44. The molecule has 1 aromatic carbocycles. The summed E-state index contributed by atoms with van der Waals surface area (Å²) >= 11 is 0. The van der Waals surface area contributed by atoms with Gasteiger partial charge in [0.15, 0.2) is 0 Å². The predicted molar refractivity (Wildman–Crippen MR) is 79.2 cm³/mol. The first-order valence-corrected chi connectivity index (χ1v) is 7.52. The van der Waals surface area contributed by atoms with Crippen molar-refractivity contribution < 1.29 is 9.50 Å². The molecule has 0 radical (unpaired) electrons. The zero-order valence-electron chi connectivity index (χ0n) is 12.2. The van der Waals surface area contributed by atoms with Crippen molar-refractivity contribution in [3.05, 3.63) is 35.6 Å². The van der Waals surface area contributed by atoms with Crippen LogP contribution in [0.2, 0.25) is 0 Å². The predicted octanol–water partition coefficient (Wildman–Crippen LogP) is 1.80. The van der Waals surface area contributed by atoms with E-state index in [4.69, 9.17) is 0 Å². The van der Waals surface area contributed by atoms with Crippen LogP contribution in [-0.4, -0.2) is 48.3 Å². The van der Waals surface area contributed by atoms with E-state index in [2.05, 4.69) is 17.1 Å². The Morgan fingerprint density at radius 1 is 1.40 bits per heavy atom. The van der Waals surface area contributed by atoms with E-state index in [0.29, 0.717) is 18.6 Å². The van der Waals surface area contributed by atoms with Gasteiger partial charge in [0, 0.05) is 25.2 Å². The maximum absolute atomic E-state index is 12.9. The largest absolute Gasteiger partial charge is 0.395 e. The summed E-state index contributed by atoms with van der Waals surface area (Å²) in [6, 6.07) is 7.59. The van der Waals surface area contributed by atoms with Crippen LogP contribution in [0.4, 0.5) is 4.39 Å². The maximum atomic E-state index is 12.9. The van der Waals surface area contributed by atoms with E-state index in [1.165, 1.54) is 25.0 Å². The summed E-state index contributed by atoms with van der Waals surface area (Å²) in [5, 5.41) is 12.7. The Labute approximate surface area is 120 Å². The first kappa shape index (κ1) is 15.4. The SMILES string of the molecule is CC(Cc1ccc(F)cc1)N(CCO)CC1CCCN1. The molecule has 0 amide bonds. The van der Waals surface area contributed by atoms with Gasteiger partial charge in [-0.15, -0.1) is 0 Å². The van der Waals surface area contributed by atoms with Gasteiger partial charge in [-0.3, -0.25) is 4.90 Å². The number of benzene rings is 1. The number of nitrogens with zero attached hydrogens (tertiary/aromatic N) is 1. The van der Waals surface area contributed by atoms with Gasteiger partial charge in [0.05, 0.1) is 6.61 Å². The number of aliphatic hydroxyl groups excluding tert-OH is 1. The second-order valence-electron chi connectivity index (χ2n) is 5.69. The Hall–Kier alpha value is -0.970. The summed E-state index contributed by atoms with van der Waals surface area (Å²) < 4.78 is 12.9. The van der Waals surface area contributed by atoms with Gasteiger partial charge in [-0.25, -0.2) is 4.39 Å². The molecule has 4 heteroatoms. The third-order valence-corrected chi connectivity index (χ3v) is 4.07. The van der Waals surface area contributed by atoms with Gasteiger partial charge in [-0.2, -0.15) is 0 Å². The summed E-state index contributed by atoms with van der Waals surface area (Å²) in [6.45, 7) is 5.13. The van der Waals surface area contributed by atoms with Crippen molar-refractivity contribution in [1.29, 1.82) is 0 Å². The number of nitrogens with one attached hydrogen (secondary N) is 1. The molecule has 0 saturated carbocycles. The highest BCUT2D eigenvalue weighted by atomic mass is 19.1.